The number of methoxy groups -OCH3 is 1. The van der Waals surface area contributed by atoms with Gasteiger partial charge in [0.25, 0.3) is 0 Å². The van der Waals surface area contributed by atoms with E-state index in [0.717, 1.165) is 23.5 Å². The average molecular weight is 325 g/mol. The summed E-state index contributed by atoms with van der Waals surface area (Å²) < 4.78 is 46.7. The van der Waals surface area contributed by atoms with Gasteiger partial charge in [-0.15, -0.1) is 0 Å². The van der Waals surface area contributed by atoms with Crippen LogP contribution in [0, 0.1) is 5.82 Å². The van der Waals surface area contributed by atoms with E-state index in [1.54, 1.807) is 13.4 Å². The third-order valence-corrected chi connectivity index (χ3v) is 5.54. The maximum Gasteiger partial charge on any atom is 0.243 e. The fourth-order valence-corrected chi connectivity index (χ4v) is 3.90. The average Bonchev–Trinajstić information content (AvgIpc) is 2.91. The van der Waals surface area contributed by atoms with Crippen LogP contribution in [0.2, 0.25) is 0 Å². The number of ether oxygens (including phenoxy) is 1. The van der Waals surface area contributed by atoms with Crippen molar-refractivity contribution in [3.63, 3.8) is 0 Å². The van der Waals surface area contributed by atoms with Gasteiger partial charge in [0.05, 0.1) is 35.8 Å². The molecule has 0 bridgehead atoms. The van der Waals surface area contributed by atoms with Crippen LogP contribution in [0.4, 0.5) is 4.39 Å². The second kappa shape index (κ2) is 5.79. The summed E-state index contributed by atoms with van der Waals surface area (Å²) in [4.78, 5) is 4.35. The number of aromatic nitrogens is 2. The summed E-state index contributed by atoms with van der Waals surface area (Å²) in [5.74, 6) is -0.460. The highest BCUT2D eigenvalue weighted by Gasteiger charge is 2.30. The van der Waals surface area contributed by atoms with Gasteiger partial charge in [-0.3, -0.25) is 0 Å². The molecule has 0 saturated carbocycles. The van der Waals surface area contributed by atoms with Gasteiger partial charge < -0.3 is 9.30 Å². The van der Waals surface area contributed by atoms with Gasteiger partial charge in [-0.2, -0.15) is 4.31 Å². The molecule has 0 unspecified atom stereocenters. The van der Waals surface area contributed by atoms with Crippen molar-refractivity contribution in [1.82, 2.24) is 13.9 Å². The third kappa shape index (κ3) is 2.65. The Morgan fingerprint density at radius 3 is 2.68 bits per heavy atom. The van der Waals surface area contributed by atoms with Crippen LogP contribution >= 0.6 is 0 Å². The minimum atomic E-state index is -3.65. The first-order chi connectivity index (χ1) is 10.5. The lowest BCUT2D eigenvalue weighted by molar-refractivity contribution is 0.179. The molecular weight excluding hydrogens is 309 g/mol. The molecule has 2 heterocycles. The molecule has 1 aromatic heterocycles. The quantitative estimate of drug-likeness (QED) is 0.852. The molecule has 22 heavy (non-hydrogen) atoms. The molecule has 2 aromatic rings. The lowest BCUT2D eigenvalue weighted by Gasteiger charge is -2.28. The van der Waals surface area contributed by atoms with Gasteiger partial charge in [0.15, 0.2) is 0 Å². The van der Waals surface area contributed by atoms with Gasteiger partial charge in [0, 0.05) is 20.2 Å². The molecule has 3 rings (SSSR count). The molecule has 6 nitrogen and oxygen atoms in total. The number of halogens is 1. The Balaban J connectivity index is 1.90. The molecule has 0 aliphatic carbocycles. The number of sulfonamides is 1. The van der Waals surface area contributed by atoms with E-state index in [1.165, 1.54) is 16.4 Å². The normalized spacial score (nSPS) is 15.7. The number of benzene rings is 1. The lowest BCUT2D eigenvalue weighted by Crippen LogP contribution is -2.38. The highest BCUT2D eigenvalue weighted by molar-refractivity contribution is 7.89. The number of nitrogens with zero attached hydrogens (tertiary/aromatic N) is 3. The Morgan fingerprint density at radius 2 is 2.00 bits per heavy atom. The number of hydrogen-bond acceptors (Lipinski definition) is 4. The van der Waals surface area contributed by atoms with Crippen molar-refractivity contribution in [2.45, 2.75) is 24.6 Å². The number of imidazole rings is 1. The molecule has 1 aliphatic heterocycles. The Hall–Kier alpha value is -1.77. The zero-order chi connectivity index (χ0) is 15.7. The van der Waals surface area contributed by atoms with Crippen molar-refractivity contribution in [3.8, 4) is 0 Å². The smallest absolute Gasteiger partial charge is 0.243 e. The van der Waals surface area contributed by atoms with Crippen LogP contribution in [0.1, 0.15) is 11.4 Å². The molecule has 0 spiro atoms. The van der Waals surface area contributed by atoms with Crippen LogP contribution in [0.5, 0.6) is 0 Å². The molecule has 0 fully saturated rings. The maximum atomic E-state index is 13.0. The minimum absolute atomic E-state index is 0.0927. The molecule has 1 aliphatic rings. The van der Waals surface area contributed by atoms with Crippen molar-refractivity contribution >= 4 is 10.0 Å². The zero-order valence-corrected chi connectivity index (χ0v) is 12.9. The molecule has 0 radical (unpaired) electrons. The highest BCUT2D eigenvalue weighted by Crippen LogP contribution is 2.23. The minimum Gasteiger partial charge on any atom is -0.378 e. The van der Waals surface area contributed by atoms with E-state index in [9.17, 15) is 12.8 Å². The predicted octanol–water partition coefficient (Wildman–Crippen LogP) is 1.37. The highest BCUT2D eigenvalue weighted by atomic mass is 32.2. The van der Waals surface area contributed by atoms with Crippen LogP contribution in [0.25, 0.3) is 0 Å². The molecule has 0 N–H and O–H groups in total. The van der Waals surface area contributed by atoms with Gasteiger partial charge >= 0.3 is 0 Å². The monoisotopic (exact) mass is 325 g/mol. The van der Waals surface area contributed by atoms with E-state index in [2.05, 4.69) is 4.98 Å². The second-order valence-corrected chi connectivity index (χ2v) is 6.99. The Morgan fingerprint density at radius 1 is 1.27 bits per heavy atom. The van der Waals surface area contributed by atoms with Crippen LogP contribution in [0.15, 0.2) is 35.5 Å². The lowest BCUT2D eigenvalue weighted by atomic mass is 10.3. The fourth-order valence-electron chi connectivity index (χ4n) is 2.51. The zero-order valence-electron chi connectivity index (χ0n) is 12.1. The topological polar surface area (TPSA) is 64.4 Å². The summed E-state index contributed by atoms with van der Waals surface area (Å²) in [6.45, 7) is 1.47. The van der Waals surface area contributed by atoms with E-state index in [4.69, 9.17) is 4.74 Å². The van der Waals surface area contributed by atoms with E-state index in [-0.39, 0.29) is 11.4 Å². The van der Waals surface area contributed by atoms with Gasteiger partial charge in [-0.05, 0) is 24.3 Å². The molecule has 0 amide bonds. The number of fused-ring (bicyclic) bond motifs is 1. The molecule has 1 aromatic carbocycles. The van der Waals surface area contributed by atoms with E-state index in [1.807, 2.05) is 4.57 Å². The SMILES string of the molecule is COCc1ncn2c1CN(S(=O)(=O)c1ccc(F)cc1)CC2. The second-order valence-electron chi connectivity index (χ2n) is 5.06. The summed E-state index contributed by atoms with van der Waals surface area (Å²) in [5.41, 5.74) is 1.57. The summed E-state index contributed by atoms with van der Waals surface area (Å²) in [5, 5.41) is 0. The van der Waals surface area contributed by atoms with Crippen LogP contribution in [-0.4, -0.2) is 35.9 Å². The largest absolute Gasteiger partial charge is 0.378 e. The summed E-state index contributed by atoms with van der Waals surface area (Å²) in [6, 6.07) is 4.87. The first-order valence-corrected chi connectivity index (χ1v) is 8.24. The van der Waals surface area contributed by atoms with Gasteiger partial charge in [-0.25, -0.2) is 17.8 Å². The van der Waals surface area contributed by atoms with Crippen LogP contribution in [-0.2, 0) is 34.5 Å². The first-order valence-electron chi connectivity index (χ1n) is 6.80. The predicted molar refractivity (Wildman–Crippen MR) is 76.9 cm³/mol. The number of rotatable bonds is 4. The van der Waals surface area contributed by atoms with E-state index in [0.29, 0.717) is 19.7 Å². The molecule has 8 heteroatoms. The van der Waals surface area contributed by atoms with Crippen molar-refractivity contribution in [2.75, 3.05) is 13.7 Å². The van der Waals surface area contributed by atoms with E-state index < -0.39 is 15.8 Å². The summed E-state index contributed by atoms with van der Waals surface area (Å²) in [6.07, 6.45) is 1.70. The van der Waals surface area contributed by atoms with Crippen molar-refractivity contribution in [3.05, 3.63) is 47.8 Å². The summed E-state index contributed by atoms with van der Waals surface area (Å²) in [7, 11) is -2.08. The van der Waals surface area contributed by atoms with Gasteiger partial charge in [0.1, 0.15) is 5.82 Å². The molecule has 0 saturated heterocycles. The van der Waals surface area contributed by atoms with Crippen molar-refractivity contribution in [2.24, 2.45) is 0 Å². The standard InChI is InChI=1S/C14H16FN3O3S/c1-21-9-13-14-8-18(7-6-17(14)10-16-13)22(19,20)12-4-2-11(15)3-5-12/h2-5,10H,6-9H2,1H3. The Kier molecular flexibility index (Phi) is 3.98. The molecular formula is C14H16FN3O3S. The first kappa shape index (κ1) is 15.1. The Bertz CT molecular complexity index is 771. The van der Waals surface area contributed by atoms with Crippen LogP contribution < -0.4 is 0 Å². The van der Waals surface area contributed by atoms with Crippen molar-refractivity contribution < 1.29 is 17.5 Å². The summed E-state index contributed by atoms with van der Waals surface area (Å²) >= 11 is 0. The maximum absolute atomic E-state index is 13.0. The molecule has 118 valence electrons. The number of hydrogen-bond donors (Lipinski definition) is 0. The van der Waals surface area contributed by atoms with Gasteiger partial charge in [-0.1, -0.05) is 0 Å². The molecule has 0 atom stereocenters. The van der Waals surface area contributed by atoms with Crippen LogP contribution in [0.3, 0.4) is 0 Å². The fraction of sp³-hybridized carbons (Fsp3) is 0.357. The van der Waals surface area contributed by atoms with E-state index >= 15 is 0 Å². The van der Waals surface area contributed by atoms with Gasteiger partial charge in [0.2, 0.25) is 10.0 Å². The third-order valence-electron chi connectivity index (χ3n) is 3.68. The Labute approximate surface area is 128 Å². The van der Waals surface area contributed by atoms with Crippen molar-refractivity contribution in [1.29, 1.82) is 0 Å².